The minimum atomic E-state index is -0.707. The van der Waals surface area contributed by atoms with Crippen LogP contribution in [0.2, 0.25) is 0 Å². The number of nitrogens with one attached hydrogen (secondary N) is 2. The number of aromatic amines is 1. The monoisotopic (exact) mass is 287 g/mol. The summed E-state index contributed by atoms with van der Waals surface area (Å²) in [6.45, 7) is 4.90. The van der Waals surface area contributed by atoms with Gasteiger partial charge in [0.05, 0.1) is 28.6 Å². The zero-order chi connectivity index (χ0) is 15.2. The molecule has 0 unspecified atom stereocenters. The second-order valence-electron chi connectivity index (χ2n) is 5.63. The first kappa shape index (κ1) is 13.4. The molecular weight excluding hydrogens is 270 g/mol. The summed E-state index contributed by atoms with van der Waals surface area (Å²) in [5.74, 6) is -0.0490. The normalized spacial score (nSPS) is 17.8. The van der Waals surface area contributed by atoms with Crippen LogP contribution in [0.3, 0.4) is 0 Å². The molecule has 0 aliphatic carbocycles. The number of nitrogens with zero attached hydrogens (tertiary/aromatic N) is 2. The standard InChI is InChI=1S/C14H17N5O2/c1-14(2)13(21)16-3-4-19(14)11-6-10-8(5-9(11)15)12(20)18-7-17-10/h5-7H,3-4,15H2,1-2H3,(H,16,21)(H,17,18,20). The van der Waals surface area contributed by atoms with Gasteiger partial charge in [0.1, 0.15) is 5.54 Å². The van der Waals surface area contributed by atoms with Crippen LogP contribution in [0, 0.1) is 0 Å². The van der Waals surface area contributed by atoms with Crippen molar-refractivity contribution in [2.24, 2.45) is 0 Å². The predicted molar refractivity (Wildman–Crippen MR) is 81.2 cm³/mol. The Labute approximate surface area is 121 Å². The molecule has 1 aliphatic heterocycles. The maximum absolute atomic E-state index is 12.1. The quantitative estimate of drug-likeness (QED) is 0.651. The highest BCUT2D eigenvalue weighted by atomic mass is 16.2. The van der Waals surface area contributed by atoms with Crippen LogP contribution >= 0.6 is 0 Å². The highest BCUT2D eigenvalue weighted by Crippen LogP contribution is 2.33. The molecule has 1 aromatic heterocycles. The van der Waals surface area contributed by atoms with Crippen molar-refractivity contribution in [3.8, 4) is 0 Å². The lowest BCUT2D eigenvalue weighted by Crippen LogP contribution is -2.62. The van der Waals surface area contributed by atoms with E-state index in [0.717, 1.165) is 5.69 Å². The summed E-state index contributed by atoms with van der Waals surface area (Å²) in [5.41, 5.74) is 6.91. The number of nitrogens with two attached hydrogens (primary N) is 1. The van der Waals surface area contributed by atoms with E-state index >= 15 is 0 Å². The Morgan fingerprint density at radius 1 is 1.33 bits per heavy atom. The van der Waals surface area contributed by atoms with E-state index in [9.17, 15) is 9.59 Å². The number of carbonyl (C=O) groups excluding carboxylic acids is 1. The maximum Gasteiger partial charge on any atom is 0.258 e. The van der Waals surface area contributed by atoms with E-state index in [2.05, 4.69) is 15.3 Å². The third kappa shape index (κ3) is 2.01. The van der Waals surface area contributed by atoms with Crippen LogP contribution in [0.25, 0.3) is 10.9 Å². The molecule has 2 heterocycles. The number of hydrogen-bond acceptors (Lipinski definition) is 5. The third-order valence-electron chi connectivity index (χ3n) is 3.93. The van der Waals surface area contributed by atoms with Gasteiger partial charge in [-0.05, 0) is 26.0 Å². The molecule has 21 heavy (non-hydrogen) atoms. The molecule has 7 nitrogen and oxygen atoms in total. The first-order chi connectivity index (χ1) is 9.91. The van der Waals surface area contributed by atoms with E-state index in [4.69, 9.17) is 5.73 Å². The molecule has 4 N–H and O–H groups in total. The average Bonchev–Trinajstić information content (AvgIpc) is 2.43. The fourth-order valence-electron chi connectivity index (χ4n) is 2.68. The molecule has 1 aromatic carbocycles. The van der Waals surface area contributed by atoms with Gasteiger partial charge in [-0.3, -0.25) is 9.59 Å². The van der Waals surface area contributed by atoms with Gasteiger partial charge in [-0.15, -0.1) is 0 Å². The van der Waals surface area contributed by atoms with Crippen molar-refractivity contribution in [2.45, 2.75) is 19.4 Å². The van der Waals surface area contributed by atoms with Crippen LogP contribution in [0.1, 0.15) is 13.8 Å². The fraction of sp³-hybridized carbons (Fsp3) is 0.357. The van der Waals surface area contributed by atoms with Gasteiger partial charge >= 0.3 is 0 Å². The molecule has 110 valence electrons. The molecule has 0 saturated carbocycles. The number of fused-ring (bicyclic) bond motifs is 1. The lowest BCUT2D eigenvalue weighted by Gasteiger charge is -2.43. The predicted octanol–water partition coefficient (Wildman–Crippen LogP) is 0.220. The van der Waals surface area contributed by atoms with Crippen molar-refractivity contribution in [2.75, 3.05) is 23.7 Å². The van der Waals surface area contributed by atoms with E-state index < -0.39 is 5.54 Å². The topological polar surface area (TPSA) is 104 Å². The average molecular weight is 287 g/mol. The highest BCUT2D eigenvalue weighted by molar-refractivity contribution is 5.94. The Morgan fingerprint density at radius 3 is 2.86 bits per heavy atom. The van der Waals surface area contributed by atoms with Crippen LogP contribution in [-0.2, 0) is 4.79 Å². The Balaban J connectivity index is 2.18. The Morgan fingerprint density at radius 2 is 2.10 bits per heavy atom. The number of amides is 1. The number of piperazine rings is 1. The first-order valence-corrected chi connectivity index (χ1v) is 6.74. The molecule has 0 radical (unpaired) electrons. The van der Waals surface area contributed by atoms with Gasteiger partial charge in [0.2, 0.25) is 5.91 Å². The summed E-state index contributed by atoms with van der Waals surface area (Å²) in [6, 6.07) is 3.37. The van der Waals surface area contributed by atoms with E-state index in [1.54, 1.807) is 12.1 Å². The first-order valence-electron chi connectivity index (χ1n) is 6.74. The lowest BCUT2D eigenvalue weighted by atomic mass is 9.97. The van der Waals surface area contributed by atoms with Gasteiger partial charge in [-0.1, -0.05) is 0 Å². The molecule has 1 fully saturated rings. The SMILES string of the molecule is CC1(C)C(=O)NCCN1c1cc2nc[nH]c(=O)c2cc1N. The molecule has 1 aliphatic rings. The number of rotatable bonds is 1. The highest BCUT2D eigenvalue weighted by Gasteiger charge is 2.38. The van der Waals surface area contributed by atoms with Crippen molar-refractivity contribution in [3.63, 3.8) is 0 Å². The molecule has 2 aromatic rings. The minimum absolute atomic E-state index is 0.0490. The van der Waals surface area contributed by atoms with Gasteiger partial charge in [0.15, 0.2) is 0 Å². The molecule has 3 rings (SSSR count). The van der Waals surface area contributed by atoms with Gasteiger partial charge in [-0.2, -0.15) is 0 Å². The maximum atomic E-state index is 12.1. The van der Waals surface area contributed by atoms with Crippen molar-refractivity contribution in [1.29, 1.82) is 0 Å². The van der Waals surface area contributed by atoms with Crippen LogP contribution in [0.4, 0.5) is 11.4 Å². The minimum Gasteiger partial charge on any atom is -0.397 e. The van der Waals surface area contributed by atoms with Crippen LogP contribution in [-0.4, -0.2) is 34.5 Å². The Hall–Kier alpha value is -2.57. The van der Waals surface area contributed by atoms with E-state index in [1.165, 1.54) is 6.33 Å². The van der Waals surface area contributed by atoms with Crippen molar-refractivity contribution in [1.82, 2.24) is 15.3 Å². The third-order valence-corrected chi connectivity index (χ3v) is 3.93. The van der Waals surface area contributed by atoms with Crippen LogP contribution < -0.4 is 21.5 Å². The Kier molecular flexibility index (Phi) is 2.86. The van der Waals surface area contributed by atoms with Gasteiger partial charge in [0, 0.05) is 13.1 Å². The number of carbonyl (C=O) groups is 1. The van der Waals surface area contributed by atoms with Crippen molar-refractivity contribution in [3.05, 3.63) is 28.8 Å². The van der Waals surface area contributed by atoms with Crippen LogP contribution in [0.15, 0.2) is 23.3 Å². The summed E-state index contributed by atoms with van der Waals surface area (Å²) in [6.07, 6.45) is 1.36. The van der Waals surface area contributed by atoms with Crippen LogP contribution in [0.5, 0.6) is 0 Å². The van der Waals surface area contributed by atoms with Crippen molar-refractivity contribution >= 4 is 28.2 Å². The number of aromatic nitrogens is 2. The number of nitrogen functional groups attached to an aromatic ring is 1. The number of hydrogen-bond donors (Lipinski definition) is 3. The van der Waals surface area contributed by atoms with Gasteiger partial charge in [0.25, 0.3) is 5.56 Å². The summed E-state index contributed by atoms with van der Waals surface area (Å²) < 4.78 is 0. The number of H-pyrrole nitrogens is 1. The number of benzene rings is 1. The zero-order valence-corrected chi connectivity index (χ0v) is 11.9. The molecule has 0 spiro atoms. The molecule has 1 saturated heterocycles. The second-order valence-corrected chi connectivity index (χ2v) is 5.63. The van der Waals surface area contributed by atoms with E-state index in [0.29, 0.717) is 29.7 Å². The molecule has 1 amide bonds. The van der Waals surface area contributed by atoms with Gasteiger partial charge < -0.3 is 20.9 Å². The van der Waals surface area contributed by atoms with Gasteiger partial charge in [-0.25, -0.2) is 4.98 Å². The second kappa shape index (κ2) is 4.47. The molecule has 0 bridgehead atoms. The lowest BCUT2D eigenvalue weighted by molar-refractivity contribution is -0.126. The summed E-state index contributed by atoms with van der Waals surface area (Å²) >= 11 is 0. The molecule has 7 heteroatoms. The smallest absolute Gasteiger partial charge is 0.258 e. The van der Waals surface area contributed by atoms with E-state index in [1.807, 2.05) is 18.7 Å². The molecule has 0 atom stereocenters. The number of anilines is 2. The van der Waals surface area contributed by atoms with Crippen molar-refractivity contribution < 1.29 is 4.79 Å². The Bertz CT molecular complexity index is 781. The summed E-state index contributed by atoms with van der Waals surface area (Å²) in [5, 5.41) is 3.29. The summed E-state index contributed by atoms with van der Waals surface area (Å²) in [4.78, 5) is 32.5. The summed E-state index contributed by atoms with van der Waals surface area (Å²) in [7, 11) is 0. The largest absolute Gasteiger partial charge is 0.397 e. The van der Waals surface area contributed by atoms with E-state index in [-0.39, 0.29) is 11.5 Å². The zero-order valence-electron chi connectivity index (χ0n) is 11.9. The fourth-order valence-corrected chi connectivity index (χ4v) is 2.68. The molecular formula is C14H17N5O2.